The van der Waals surface area contributed by atoms with Crippen LogP contribution >= 0.6 is 0 Å². The number of nitrogens with zero attached hydrogens (tertiary/aromatic N) is 2. The van der Waals surface area contributed by atoms with Crippen molar-refractivity contribution in [3.8, 4) is 0 Å². The van der Waals surface area contributed by atoms with Crippen LogP contribution in [0.25, 0.3) is 11.0 Å². The molecular weight excluding hydrogens is 278 g/mol. The first-order valence-electron chi connectivity index (χ1n) is 7.35. The molecule has 3 rings (SSSR count). The summed E-state index contributed by atoms with van der Waals surface area (Å²) in [7, 11) is 0. The summed E-state index contributed by atoms with van der Waals surface area (Å²) < 4.78 is 7.28. The molecule has 0 aliphatic carbocycles. The minimum Gasteiger partial charge on any atom is -0.459 e. The Morgan fingerprint density at radius 2 is 2.18 bits per heavy atom. The second-order valence-corrected chi connectivity index (χ2v) is 5.61. The van der Waals surface area contributed by atoms with Crippen molar-refractivity contribution in [2.75, 3.05) is 0 Å². The van der Waals surface area contributed by atoms with E-state index in [9.17, 15) is 4.79 Å². The van der Waals surface area contributed by atoms with Gasteiger partial charge in [0, 0.05) is 12.6 Å². The summed E-state index contributed by atoms with van der Waals surface area (Å²) in [6.45, 7) is 6.75. The van der Waals surface area contributed by atoms with E-state index in [1.165, 1.54) is 6.26 Å². The molecule has 1 amide bonds. The summed E-state index contributed by atoms with van der Waals surface area (Å²) >= 11 is 0. The van der Waals surface area contributed by atoms with Crippen molar-refractivity contribution in [3.63, 3.8) is 0 Å². The van der Waals surface area contributed by atoms with Crippen LogP contribution in [-0.4, -0.2) is 15.5 Å². The lowest BCUT2D eigenvalue weighted by Gasteiger charge is -2.10. The maximum Gasteiger partial charge on any atom is 0.287 e. The number of carbonyl (C=O) groups is 1. The van der Waals surface area contributed by atoms with Gasteiger partial charge in [0.15, 0.2) is 5.76 Å². The molecule has 2 heterocycles. The number of fused-ring (bicyclic) bond motifs is 1. The van der Waals surface area contributed by atoms with Gasteiger partial charge < -0.3 is 14.3 Å². The number of aryl methyl sites for hydroxylation is 1. The first-order valence-corrected chi connectivity index (χ1v) is 7.35. The fourth-order valence-corrected chi connectivity index (χ4v) is 2.70. The SMILES string of the molecule is Cc1nc2cc(CNC(=O)c3ccco3)ccc2n1C(C)C. The highest BCUT2D eigenvalue weighted by atomic mass is 16.3. The molecule has 5 nitrogen and oxygen atoms in total. The van der Waals surface area contributed by atoms with Crippen molar-refractivity contribution in [2.24, 2.45) is 0 Å². The van der Waals surface area contributed by atoms with Crippen LogP contribution in [0.1, 0.15) is 41.8 Å². The van der Waals surface area contributed by atoms with Gasteiger partial charge >= 0.3 is 0 Å². The quantitative estimate of drug-likeness (QED) is 0.802. The van der Waals surface area contributed by atoms with E-state index in [4.69, 9.17) is 4.42 Å². The molecule has 22 heavy (non-hydrogen) atoms. The Morgan fingerprint density at radius 1 is 1.36 bits per heavy atom. The van der Waals surface area contributed by atoms with Crippen molar-refractivity contribution >= 4 is 16.9 Å². The van der Waals surface area contributed by atoms with Gasteiger partial charge in [0.2, 0.25) is 0 Å². The normalized spacial score (nSPS) is 11.3. The number of amides is 1. The number of benzene rings is 1. The third-order valence-electron chi connectivity index (χ3n) is 3.64. The zero-order valence-electron chi connectivity index (χ0n) is 13.0. The van der Waals surface area contributed by atoms with Gasteiger partial charge in [-0.15, -0.1) is 0 Å². The van der Waals surface area contributed by atoms with Gasteiger partial charge in [0.05, 0.1) is 17.3 Å². The predicted octanol–water partition coefficient (Wildman–Crippen LogP) is 3.45. The first-order chi connectivity index (χ1) is 10.6. The number of hydrogen-bond acceptors (Lipinski definition) is 3. The van der Waals surface area contributed by atoms with Gasteiger partial charge in [-0.3, -0.25) is 4.79 Å². The van der Waals surface area contributed by atoms with Crippen LogP contribution in [0.15, 0.2) is 41.0 Å². The Hall–Kier alpha value is -2.56. The van der Waals surface area contributed by atoms with E-state index in [0.29, 0.717) is 18.3 Å². The summed E-state index contributed by atoms with van der Waals surface area (Å²) in [6, 6.07) is 9.81. The van der Waals surface area contributed by atoms with Crippen molar-refractivity contribution in [1.82, 2.24) is 14.9 Å². The molecule has 3 aromatic rings. The molecule has 0 spiro atoms. The van der Waals surface area contributed by atoms with E-state index in [-0.39, 0.29) is 5.91 Å². The second kappa shape index (κ2) is 5.67. The highest BCUT2D eigenvalue weighted by Gasteiger charge is 2.11. The van der Waals surface area contributed by atoms with Crippen LogP contribution < -0.4 is 5.32 Å². The van der Waals surface area contributed by atoms with Crippen LogP contribution in [-0.2, 0) is 6.54 Å². The molecule has 0 saturated carbocycles. The first kappa shape index (κ1) is 14.4. The molecule has 0 radical (unpaired) electrons. The molecule has 1 aromatic carbocycles. The topological polar surface area (TPSA) is 60.1 Å². The van der Waals surface area contributed by atoms with Gasteiger partial charge in [-0.2, -0.15) is 0 Å². The molecule has 1 N–H and O–H groups in total. The van der Waals surface area contributed by atoms with E-state index in [1.807, 2.05) is 19.1 Å². The standard InChI is InChI=1S/C17H19N3O2/c1-11(2)20-12(3)19-14-9-13(6-7-15(14)20)10-18-17(21)16-5-4-8-22-16/h4-9,11H,10H2,1-3H3,(H,18,21). The average Bonchev–Trinajstić information content (AvgIpc) is 3.10. The van der Waals surface area contributed by atoms with Crippen molar-refractivity contribution in [3.05, 3.63) is 53.7 Å². The molecule has 0 fully saturated rings. The Balaban J connectivity index is 1.79. The average molecular weight is 297 g/mol. The van der Waals surface area contributed by atoms with Gasteiger partial charge in [0.1, 0.15) is 5.82 Å². The summed E-state index contributed by atoms with van der Waals surface area (Å²) in [5.74, 6) is 1.11. The monoisotopic (exact) mass is 297 g/mol. The van der Waals surface area contributed by atoms with Gasteiger partial charge in [-0.25, -0.2) is 4.98 Å². The van der Waals surface area contributed by atoms with Gasteiger partial charge in [-0.1, -0.05) is 6.07 Å². The number of aromatic nitrogens is 2. The van der Waals surface area contributed by atoms with Gasteiger partial charge in [0.25, 0.3) is 5.91 Å². The van der Waals surface area contributed by atoms with E-state index >= 15 is 0 Å². The largest absolute Gasteiger partial charge is 0.459 e. The minimum atomic E-state index is -0.214. The molecule has 5 heteroatoms. The summed E-state index contributed by atoms with van der Waals surface area (Å²) in [5, 5.41) is 2.84. The molecule has 114 valence electrons. The van der Waals surface area contributed by atoms with E-state index in [2.05, 4.69) is 34.8 Å². The smallest absolute Gasteiger partial charge is 0.287 e. The summed E-state index contributed by atoms with van der Waals surface area (Å²) in [6.07, 6.45) is 1.49. The maximum atomic E-state index is 11.9. The predicted molar refractivity (Wildman–Crippen MR) is 84.7 cm³/mol. The van der Waals surface area contributed by atoms with Crippen molar-refractivity contribution < 1.29 is 9.21 Å². The lowest BCUT2D eigenvalue weighted by Crippen LogP contribution is -2.22. The Morgan fingerprint density at radius 3 is 2.86 bits per heavy atom. The van der Waals surface area contributed by atoms with Gasteiger partial charge in [-0.05, 0) is 50.6 Å². The second-order valence-electron chi connectivity index (χ2n) is 5.61. The molecule has 0 aliphatic rings. The van der Waals surface area contributed by atoms with Crippen molar-refractivity contribution in [2.45, 2.75) is 33.4 Å². The molecule has 0 bridgehead atoms. The number of rotatable bonds is 4. The Kier molecular flexibility index (Phi) is 3.71. The van der Waals surface area contributed by atoms with Crippen LogP contribution in [0.4, 0.5) is 0 Å². The number of nitrogens with one attached hydrogen (secondary N) is 1. The van der Waals surface area contributed by atoms with E-state index in [0.717, 1.165) is 22.4 Å². The summed E-state index contributed by atoms with van der Waals surface area (Å²) in [5.41, 5.74) is 3.09. The Bertz CT molecular complexity index is 801. The van der Waals surface area contributed by atoms with E-state index < -0.39 is 0 Å². The van der Waals surface area contributed by atoms with Crippen molar-refractivity contribution in [1.29, 1.82) is 0 Å². The molecule has 0 atom stereocenters. The fraction of sp³-hybridized carbons (Fsp3) is 0.294. The lowest BCUT2D eigenvalue weighted by molar-refractivity contribution is 0.0923. The number of furan rings is 1. The third-order valence-corrected chi connectivity index (χ3v) is 3.64. The molecular formula is C17H19N3O2. The summed E-state index contributed by atoms with van der Waals surface area (Å²) in [4.78, 5) is 16.5. The molecule has 0 aliphatic heterocycles. The van der Waals surface area contributed by atoms with E-state index in [1.54, 1.807) is 12.1 Å². The number of carbonyl (C=O) groups excluding carboxylic acids is 1. The van der Waals surface area contributed by atoms with Crippen LogP contribution in [0.2, 0.25) is 0 Å². The highest BCUT2D eigenvalue weighted by Crippen LogP contribution is 2.21. The van der Waals surface area contributed by atoms with Crippen LogP contribution in [0.3, 0.4) is 0 Å². The zero-order valence-corrected chi connectivity index (χ0v) is 13.0. The third kappa shape index (κ3) is 2.62. The van der Waals surface area contributed by atoms with Crippen LogP contribution in [0, 0.1) is 6.92 Å². The molecule has 0 unspecified atom stereocenters. The fourth-order valence-electron chi connectivity index (χ4n) is 2.70. The van der Waals surface area contributed by atoms with Crippen LogP contribution in [0.5, 0.6) is 0 Å². The lowest BCUT2D eigenvalue weighted by atomic mass is 10.2. The number of hydrogen-bond donors (Lipinski definition) is 1. The minimum absolute atomic E-state index is 0.214. The zero-order chi connectivity index (χ0) is 15.7. The Labute approximate surface area is 129 Å². The maximum absolute atomic E-state index is 11.9. The number of imidazole rings is 1. The molecule has 2 aromatic heterocycles. The highest BCUT2D eigenvalue weighted by molar-refractivity contribution is 5.91. The molecule has 0 saturated heterocycles.